The second kappa shape index (κ2) is 8.83. The predicted octanol–water partition coefficient (Wildman–Crippen LogP) is 0.277. The zero-order valence-corrected chi connectivity index (χ0v) is 16.5. The van der Waals surface area contributed by atoms with E-state index in [1.807, 2.05) is 6.07 Å². The highest BCUT2D eigenvalue weighted by molar-refractivity contribution is 7.88. The Hall–Kier alpha value is -1.94. The van der Waals surface area contributed by atoms with Crippen molar-refractivity contribution in [2.75, 3.05) is 55.7 Å². The summed E-state index contributed by atoms with van der Waals surface area (Å²) in [5.74, 6) is 1.56. The molecule has 2 fully saturated rings. The summed E-state index contributed by atoms with van der Waals surface area (Å²) in [5, 5.41) is 6.14. The number of aromatic nitrogens is 2. The smallest absolute Gasteiger partial charge is 0.223 e. The zero-order chi connectivity index (χ0) is 19.3. The molecule has 0 spiro atoms. The molecule has 3 rings (SSSR count). The number of nitrogens with one attached hydrogen (secondary N) is 2. The first kappa shape index (κ1) is 19.8. The summed E-state index contributed by atoms with van der Waals surface area (Å²) in [6.45, 7) is 3.96. The summed E-state index contributed by atoms with van der Waals surface area (Å²) in [6, 6.07) is 1.94. The van der Waals surface area contributed by atoms with Crippen LogP contribution in [-0.2, 0) is 14.8 Å². The molecule has 2 aliphatic rings. The molecule has 1 aromatic heterocycles. The van der Waals surface area contributed by atoms with Crippen molar-refractivity contribution in [3.05, 3.63) is 12.4 Å². The van der Waals surface area contributed by atoms with Gasteiger partial charge in [0.05, 0.1) is 6.26 Å². The Morgan fingerprint density at radius 3 is 2.52 bits per heavy atom. The topological polar surface area (TPSA) is 108 Å². The number of hydrogen-bond donors (Lipinski definition) is 2. The number of carbonyl (C=O) groups is 1. The molecule has 0 aromatic carbocycles. The van der Waals surface area contributed by atoms with Crippen molar-refractivity contribution in [3.8, 4) is 0 Å². The van der Waals surface area contributed by atoms with E-state index in [2.05, 4.69) is 25.5 Å². The minimum atomic E-state index is -3.16. The van der Waals surface area contributed by atoms with Crippen molar-refractivity contribution in [1.82, 2.24) is 19.6 Å². The average Bonchev–Trinajstić information content (AvgIpc) is 3.19. The van der Waals surface area contributed by atoms with Gasteiger partial charge in [-0.15, -0.1) is 0 Å². The Balaban J connectivity index is 1.38. The van der Waals surface area contributed by atoms with E-state index in [0.29, 0.717) is 39.0 Å². The number of piperidine rings is 1. The van der Waals surface area contributed by atoms with Gasteiger partial charge in [0.15, 0.2) is 0 Å². The molecule has 2 N–H and O–H groups in total. The first-order valence-electron chi connectivity index (χ1n) is 9.47. The van der Waals surface area contributed by atoms with Crippen molar-refractivity contribution in [1.29, 1.82) is 0 Å². The van der Waals surface area contributed by atoms with Gasteiger partial charge in [0, 0.05) is 51.3 Å². The van der Waals surface area contributed by atoms with Crippen LogP contribution in [0, 0.1) is 5.92 Å². The summed E-state index contributed by atoms with van der Waals surface area (Å²) < 4.78 is 24.5. The Labute approximate surface area is 160 Å². The number of amides is 1. The molecule has 0 radical (unpaired) electrons. The van der Waals surface area contributed by atoms with Crippen LogP contribution in [0.3, 0.4) is 0 Å². The normalized spacial score (nSPS) is 19.2. The van der Waals surface area contributed by atoms with Crippen LogP contribution in [-0.4, -0.2) is 74.1 Å². The Morgan fingerprint density at radius 1 is 1.15 bits per heavy atom. The van der Waals surface area contributed by atoms with Crippen LogP contribution in [0.4, 0.5) is 11.6 Å². The molecule has 1 amide bonds. The van der Waals surface area contributed by atoms with Gasteiger partial charge >= 0.3 is 0 Å². The van der Waals surface area contributed by atoms with Gasteiger partial charge in [-0.1, -0.05) is 0 Å². The SMILES string of the molecule is CS(=O)(=O)N1CCC(C(=O)NCCNc2cc(N3CCCC3)ncn2)CC1. The van der Waals surface area contributed by atoms with Gasteiger partial charge in [-0.2, -0.15) is 0 Å². The molecular formula is C17H28N6O3S. The molecule has 10 heteroatoms. The molecule has 2 saturated heterocycles. The van der Waals surface area contributed by atoms with Crippen molar-refractivity contribution in [3.63, 3.8) is 0 Å². The largest absolute Gasteiger partial charge is 0.368 e. The number of anilines is 2. The summed E-state index contributed by atoms with van der Waals surface area (Å²) in [6.07, 6.45) is 6.30. The van der Waals surface area contributed by atoms with Gasteiger partial charge < -0.3 is 15.5 Å². The number of hydrogen-bond acceptors (Lipinski definition) is 7. The maximum absolute atomic E-state index is 12.3. The van der Waals surface area contributed by atoms with Gasteiger partial charge in [-0.25, -0.2) is 22.7 Å². The van der Waals surface area contributed by atoms with Crippen LogP contribution in [0.1, 0.15) is 25.7 Å². The minimum absolute atomic E-state index is 0.00889. The Bertz CT molecular complexity index is 743. The fourth-order valence-corrected chi connectivity index (χ4v) is 4.41. The third kappa shape index (κ3) is 5.52. The fraction of sp³-hybridized carbons (Fsp3) is 0.706. The maximum atomic E-state index is 12.3. The number of carbonyl (C=O) groups excluding carboxylic acids is 1. The highest BCUT2D eigenvalue weighted by atomic mass is 32.2. The van der Waals surface area contributed by atoms with E-state index in [-0.39, 0.29) is 11.8 Å². The lowest BCUT2D eigenvalue weighted by Gasteiger charge is -2.29. The number of sulfonamides is 1. The van der Waals surface area contributed by atoms with E-state index in [1.54, 1.807) is 6.33 Å². The summed E-state index contributed by atoms with van der Waals surface area (Å²) in [5.41, 5.74) is 0. The highest BCUT2D eigenvalue weighted by Gasteiger charge is 2.28. The van der Waals surface area contributed by atoms with E-state index >= 15 is 0 Å². The predicted molar refractivity (Wildman–Crippen MR) is 104 cm³/mol. The molecule has 2 aliphatic heterocycles. The molecule has 150 valence electrons. The monoisotopic (exact) mass is 396 g/mol. The minimum Gasteiger partial charge on any atom is -0.368 e. The Morgan fingerprint density at radius 2 is 1.85 bits per heavy atom. The molecule has 27 heavy (non-hydrogen) atoms. The molecule has 1 aromatic rings. The van der Waals surface area contributed by atoms with Crippen molar-refractivity contribution < 1.29 is 13.2 Å². The standard InChI is InChI=1S/C17H28N6O3S/c1-27(25,26)23-10-4-14(5-11-23)17(24)19-7-6-18-15-12-16(21-13-20-15)22-8-2-3-9-22/h12-14H,2-11H2,1H3,(H,19,24)(H,18,20,21). The second-order valence-corrected chi connectivity index (χ2v) is 9.09. The highest BCUT2D eigenvalue weighted by Crippen LogP contribution is 2.20. The molecule has 0 atom stereocenters. The van der Waals surface area contributed by atoms with E-state index < -0.39 is 10.0 Å². The third-order valence-electron chi connectivity index (χ3n) is 5.11. The van der Waals surface area contributed by atoms with Crippen molar-refractivity contribution >= 4 is 27.6 Å². The van der Waals surface area contributed by atoms with Crippen LogP contribution in [0.25, 0.3) is 0 Å². The quantitative estimate of drug-likeness (QED) is 0.637. The fourth-order valence-electron chi connectivity index (χ4n) is 3.53. The van der Waals surface area contributed by atoms with E-state index in [1.165, 1.54) is 23.4 Å². The van der Waals surface area contributed by atoms with Crippen LogP contribution in [0.5, 0.6) is 0 Å². The van der Waals surface area contributed by atoms with Crippen molar-refractivity contribution in [2.24, 2.45) is 5.92 Å². The van der Waals surface area contributed by atoms with Gasteiger partial charge in [-0.05, 0) is 25.7 Å². The molecule has 0 bridgehead atoms. The zero-order valence-electron chi connectivity index (χ0n) is 15.7. The van der Waals surface area contributed by atoms with Gasteiger partial charge in [0.2, 0.25) is 15.9 Å². The summed E-state index contributed by atoms with van der Waals surface area (Å²) >= 11 is 0. The van der Waals surface area contributed by atoms with Crippen LogP contribution < -0.4 is 15.5 Å². The molecule has 0 aliphatic carbocycles. The first-order valence-corrected chi connectivity index (χ1v) is 11.3. The maximum Gasteiger partial charge on any atom is 0.223 e. The lowest BCUT2D eigenvalue weighted by Crippen LogP contribution is -2.43. The molecule has 0 saturated carbocycles. The number of rotatable bonds is 7. The van der Waals surface area contributed by atoms with Crippen LogP contribution in [0.2, 0.25) is 0 Å². The van der Waals surface area contributed by atoms with E-state index in [4.69, 9.17) is 0 Å². The molecule has 0 unspecified atom stereocenters. The van der Waals surface area contributed by atoms with E-state index in [0.717, 1.165) is 24.7 Å². The molecule has 3 heterocycles. The van der Waals surface area contributed by atoms with Crippen molar-refractivity contribution in [2.45, 2.75) is 25.7 Å². The van der Waals surface area contributed by atoms with Crippen LogP contribution in [0.15, 0.2) is 12.4 Å². The van der Waals surface area contributed by atoms with Gasteiger partial charge in [0.1, 0.15) is 18.0 Å². The summed E-state index contributed by atoms with van der Waals surface area (Å²) in [4.78, 5) is 23.0. The molecular weight excluding hydrogens is 368 g/mol. The van der Waals surface area contributed by atoms with E-state index in [9.17, 15) is 13.2 Å². The molecule has 9 nitrogen and oxygen atoms in total. The first-order chi connectivity index (χ1) is 12.9. The van der Waals surface area contributed by atoms with Gasteiger partial charge in [-0.3, -0.25) is 4.79 Å². The lowest BCUT2D eigenvalue weighted by molar-refractivity contribution is -0.126. The van der Waals surface area contributed by atoms with Crippen LogP contribution >= 0.6 is 0 Å². The summed E-state index contributed by atoms with van der Waals surface area (Å²) in [7, 11) is -3.16. The van der Waals surface area contributed by atoms with Gasteiger partial charge in [0.25, 0.3) is 0 Å². The Kier molecular flexibility index (Phi) is 6.48. The third-order valence-corrected chi connectivity index (χ3v) is 6.41. The number of nitrogens with zero attached hydrogens (tertiary/aromatic N) is 4. The average molecular weight is 397 g/mol. The lowest BCUT2D eigenvalue weighted by atomic mass is 9.97. The second-order valence-electron chi connectivity index (χ2n) is 7.11.